The topological polar surface area (TPSA) is 122 Å². The Balaban J connectivity index is 0.000000209. The second-order valence-electron chi connectivity index (χ2n) is 32.3. The van der Waals surface area contributed by atoms with Crippen LogP contribution in [0.25, 0.3) is 0 Å². The lowest BCUT2D eigenvalue weighted by atomic mass is 9.88. The van der Waals surface area contributed by atoms with Crippen molar-refractivity contribution >= 4 is 0 Å². The van der Waals surface area contributed by atoms with Crippen molar-refractivity contribution in [2.75, 3.05) is 19.6 Å². The molecule has 12 heteroatoms. The zero-order valence-electron chi connectivity index (χ0n) is 68.0. The largest absolute Gasteiger partial charge is 0.374 e. The molecule has 3 aromatic heterocycles. The van der Waals surface area contributed by atoms with Crippen molar-refractivity contribution < 1.29 is 14.2 Å². The van der Waals surface area contributed by atoms with Crippen molar-refractivity contribution in [2.24, 2.45) is 46.8 Å². The molecule has 7 aromatic rings. The summed E-state index contributed by atoms with van der Waals surface area (Å²) in [4.78, 5) is 21.7. The lowest BCUT2D eigenvalue weighted by Gasteiger charge is -2.31. The van der Waals surface area contributed by atoms with Gasteiger partial charge in [-0.15, -0.1) is 0 Å². The van der Waals surface area contributed by atoms with Gasteiger partial charge in [0.05, 0.1) is 61.4 Å². The highest BCUT2D eigenvalue weighted by molar-refractivity contribution is 5.31. The van der Waals surface area contributed by atoms with Crippen LogP contribution in [0.15, 0.2) is 170 Å². The van der Waals surface area contributed by atoms with Gasteiger partial charge in [0.25, 0.3) is 0 Å². The first-order chi connectivity index (χ1) is 49.2. The van der Waals surface area contributed by atoms with Gasteiger partial charge < -0.3 is 30.2 Å². The van der Waals surface area contributed by atoms with Crippen LogP contribution in [0.3, 0.4) is 0 Å². The number of piperidine rings is 1. The summed E-state index contributed by atoms with van der Waals surface area (Å²) in [6.45, 7) is 56.1. The Kier molecular flexibility index (Phi) is 40.4. The van der Waals surface area contributed by atoms with Gasteiger partial charge in [0.2, 0.25) is 0 Å². The summed E-state index contributed by atoms with van der Waals surface area (Å²) in [7, 11) is 0. The number of nitrogens with zero attached hydrogens (tertiary/aromatic N) is 6. The van der Waals surface area contributed by atoms with E-state index in [2.05, 4.69) is 234 Å². The van der Waals surface area contributed by atoms with Gasteiger partial charge in [0.1, 0.15) is 0 Å². The van der Waals surface area contributed by atoms with Gasteiger partial charge in [-0.3, -0.25) is 29.7 Å². The maximum absolute atomic E-state index is 5.43. The first kappa shape index (κ1) is 87.6. The highest BCUT2D eigenvalue weighted by Gasteiger charge is 2.64. The van der Waals surface area contributed by atoms with Crippen LogP contribution in [0.1, 0.15) is 220 Å². The lowest BCUT2D eigenvalue weighted by Crippen LogP contribution is -2.35. The molecule has 4 aliphatic heterocycles. The van der Waals surface area contributed by atoms with Crippen molar-refractivity contribution in [1.82, 2.24) is 45.7 Å². The van der Waals surface area contributed by atoms with E-state index >= 15 is 0 Å². The van der Waals surface area contributed by atoms with Gasteiger partial charge in [-0.25, -0.2) is 0 Å². The fraction of sp³-hybridized carbons (Fsp3) is 0.582. The molecule has 6 unspecified atom stereocenters. The molecule has 103 heavy (non-hydrogen) atoms. The second-order valence-corrected chi connectivity index (χ2v) is 32.3. The van der Waals surface area contributed by atoms with Crippen molar-refractivity contribution in [2.45, 2.75) is 278 Å². The summed E-state index contributed by atoms with van der Waals surface area (Å²) < 4.78 is 16.2. The van der Waals surface area contributed by atoms with Gasteiger partial charge in [0, 0.05) is 87.2 Å². The average Bonchev–Trinajstić information content (AvgIpc) is 1.54. The molecule has 2 aliphatic carbocycles. The Morgan fingerprint density at radius 1 is 0.485 bits per heavy atom. The van der Waals surface area contributed by atoms with Crippen LogP contribution in [-0.4, -0.2) is 97.9 Å². The Bertz CT molecular complexity index is 3040. The van der Waals surface area contributed by atoms with Crippen LogP contribution in [0.2, 0.25) is 0 Å². The monoisotopic (exact) mass is 1410 g/mol. The van der Waals surface area contributed by atoms with Crippen molar-refractivity contribution in [3.05, 3.63) is 227 Å². The molecule has 2 saturated heterocycles. The zero-order chi connectivity index (χ0) is 75.3. The molecule has 6 aliphatic rings. The molecule has 3 N–H and O–H groups in total. The number of hydrogen-bond donors (Lipinski definition) is 3. The predicted molar refractivity (Wildman–Crippen MR) is 434 cm³/mol. The SMILES string of the molecule is CC(C)C1NCC2C1C2(C)C.CC(C)C1NCC2CCCC21.CC(C)CCc1ccccn1.CC(C)N1CCc2ccccc2C1.CC(C)N1Cc2ccccc2C1.CC(C)NCc1ccccc1.CC(C)OCc1ccccc1.CC(C)OCc1ccccn1.Cc1cnc(COC(C)C)cn1. The smallest absolute Gasteiger partial charge is 0.0907 e. The third-order valence-corrected chi connectivity index (χ3v) is 20.2. The molecule has 6 atom stereocenters. The zero-order valence-corrected chi connectivity index (χ0v) is 68.0. The molecule has 568 valence electrons. The molecule has 0 radical (unpaired) electrons. The molecule has 0 spiro atoms. The van der Waals surface area contributed by atoms with E-state index in [9.17, 15) is 0 Å². The standard InChI is InChI=1S/C12H17N.C11H15N.2C10H19N.2C10H15N.C10H14O.C9H14N2O.C9H13NO/c1-10(2)13-8-7-11-5-3-4-6-12(11)9-13;1-9(2)12-7-10-5-3-4-6-11(10)8-12;1-6(2)9-8-7(5-11-9)10(8,3)4;1-7(2)10-9-5-3-4-8(9)6-11-10;1-9(2)6-7-10-5-3-4-8-11-10;2*1-9(2)11-8-10-6-4-3-5-7-10;1-7(2)12-6-9-5-10-8(3)4-11-9;1-8(2)11-7-9-5-3-4-6-10-9/h3-6,10H,7-9H2,1-2H3;3-6,9H,7-8H2,1-2H3;6-9,11H,5H2,1-4H3;7-11H,3-6H2,1-2H3;3-5,8-9H,6-7H2,1-2H3;3-7,9,11H,8H2,1-2H3;3-7,9H,8H2,1-2H3;4-5,7H,6H2,1-3H3;3-6,8H,7H2,1-2H3. The van der Waals surface area contributed by atoms with Crippen LogP contribution >= 0.6 is 0 Å². The van der Waals surface area contributed by atoms with Crippen molar-refractivity contribution in [3.8, 4) is 0 Å². The minimum absolute atomic E-state index is 0.244. The quantitative estimate of drug-likeness (QED) is 0.0715. The molecule has 7 heterocycles. The molecule has 2 saturated carbocycles. The Morgan fingerprint density at radius 2 is 0.971 bits per heavy atom. The summed E-state index contributed by atoms with van der Waals surface area (Å²) >= 11 is 0. The molecule has 4 aromatic carbocycles. The maximum atomic E-state index is 5.43. The van der Waals surface area contributed by atoms with E-state index in [0.29, 0.717) is 42.9 Å². The van der Waals surface area contributed by atoms with Gasteiger partial charge >= 0.3 is 0 Å². The highest BCUT2D eigenvalue weighted by Crippen LogP contribution is 2.63. The van der Waals surface area contributed by atoms with E-state index in [0.717, 1.165) is 110 Å². The summed E-state index contributed by atoms with van der Waals surface area (Å²) in [6.07, 6.45) is 16.0. The summed E-state index contributed by atoms with van der Waals surface area (Å²) in [6, 6.07) is 53.6. The average molecular weight is 1410 g/mol. The number of ether oxygens (including phenoxy) is 3. The maximum Gasteiger partial charge on any atom is 0.0907 e. The number of aromatic nitrogens is 4. The second kappa shape index (κ2) is 47.5. The Labute approximate surface area is 628 Å². The van der Waals surface area contributed by atoms with Crippen LogP contribution in [-0.2, 0) is 73.1 Å². The van der Waals surface area contributed by atoms with Gasteiger partial charge in [0.15, 0.2) is 0 Å². The van der Waals surface area contributed by atoms with Crippen LogP contribution in [0.5, 0.6) is 0 Å². The molecular formula is C91H141N9O3. The summed E-state index contributed by atoms with van der Waals surface area (Å²) in [5, 5.41) is 10.6. The number of benzene rings is 4. The number of fused-ring (bicyclic) bond motifs is 4. The Morgan fingerprint density at radius 3 is 1.44 bits per heavy atom. The predicted octanol–water partition coefficient (Wildman–Crippen LogP) is 20.0. The van der Waals surface area contributed by atoms with Gasteiger partial charge in [-0.2, -0.15) is 0 Å². The fourth-order valence-electron chi connectivity index (χ4n) is 13.8. The number of pyridine rings is 2. The first-order valence-corrected chi connectivity index (χ1v) is 39.5. The van der Waals surface area contributed by atoms with Gasteiger partial charge in [-0.1, -0.05) is 197 Å². The molecule has 0 amide bonds. The highest BCUT2D eigenvalue weighted by atomic mass is 16.5. The van der Waals surface area contributed by atoms with Crippen LogP contribution in [0, 0.1) is 53.8 Å². The van der Waals surface area contributed by atoms with Crippen molar-refractivity contribution in [3.63, 3.8) is 0 Å². The number of nitrogens with one attached hydrogen (secondary N) is 3. The molecule has 13 rings (SSSR count). The first-order valence-electron chi connectivity index (χ1n) is 39.5. The number of hydrogen-bond acceptors (Lipinski definition) is 12. The third kappa shape index (κ3) is 33.9. The van der Waals surface area contributed by atoms with E-state index in [-0.39, 0.29) is 12.2 Å². The molecule has 0 bridgehead atoms. The molecule has 12 nitrogen and oxygen atoms in total. The molecule has 4 fully saturated rings. The molecular weight excluding hydrogens is 1270 g/mol. The summed E-state index contributed by atoms with van der Waals surface area (Å²) in [5.74, 6) is 6.43. The van der Waals surface area contributed by atoms with E-state index < -0.39 is 0 Å². The lowest BCUT2D eigenvalue weighted by molar-refractivity contribution is 0.0633. The van der Waals surface area contributed by atoms with E-state index in [1.165, 1.54) is 85.2 Å². The van der Waals surface area contributed by atoms with Crippen LogP contribution < -0.4 is 16.0 Å². The normalized spacial score (nSPS) is 19.4. The third-order valence-electron chi connectivity index (χ3n) is 20.2. The van der Waals surface area contributed by atoms with E-state index in [1.54, 1.807) is 24.2 Å². The number of rotatable bonds is 19. The van der Waals surface area contributed by atoms with E-state index in [1.807, 2.05) is 109 Å². The minimum atomic E-state index is 0.244. The van der Waals surface area contributed by atoms with E-state index in [4.69, 9.17) is 14.2 Å². The fourth-order valence-corrected chi connectivity index (χ4v) is 13.8. The summed E-state index contributed by atoms with van der Waals surface area (Å²) in [5.41, 5.74) is 13.3. The Hall–Kier alpha value is -6.06. The van der Waals surface area contributed by atoms with Gasteiger partial charge in [-0.05, 0) is 226 Å². The van der Waals surface area contributed by atoms with Crippen LogP contribution in [0.4, 0.5) is 0 Å². The minimum Gasteiger partial charge on any atom is -0.374 e. The van der Waals surface area contributed by atoms with Crippen molar-refractivity contribution in [1.29, 1.82) is 0 Å². The number of aryl methyl sites for hydroxylation is 2.